The number of nitrogens with zero attached hydrogens (tertiary/aromatic N) is 2. The van der Waals surface area contributed by atoms with Gasteiger partial charge in [0.1, 0.15) is 5.69 Å². The van der Waals surface area contributed by atoms with Crippen molar-refractivity contribution in [2.75, 3.05) is 29.0 Å². The zero-order valence-corrected chi connectivity index (χ0v) is 13.0. The molecule has 5 N–H and O–H groups in total. The van der Waals surface area contributed by atoms with Crippen LogP contribution >= 0.6 is 0 Å². The summed E-state index contributed by atoms with van der Waals surface area (Å²) < 4.78 is 0. The summed E-state index contributed by atoms with van der Waals surface area (Å²) >= 11 is 0. The predicted molar refractivity (Wildman–Crippen MR) is 96.5 cm³/mol. The number of hydrogen-bond acceptors (Lipinski definition) is 6. The molecular formula is C17H18N6O. The van der Waals surface area contributed by atoms with Gasteiger partial charge in [-0.3, -0.25) is 4.79 Å². The van der Waals surface area contributed by atoms with E-state index in [1.165, 1.54) is 0 Å². The smallest absolute Gasteiger partial charge is 0.224 e. The third-order valence-corrected chi connectivity index (χ3v) is 3.44. The van der Waals surface area contributed by atoms with Gasteiger partial charge in [0.05, 0.1) is 6.20 Å². The second-order valence-electron chi connectivity index (χ2n) is 5.12. The van der Waals surface area contributed by atoms with E-state index in [-0.39, 0.29) is 0 Å². The molecule has 0 spiro atoms. The SMILES string of the molecule is NCCNc1ncc(NC=O)c(Nc2ccc3ccccc3c2)n1. The van der Waals surface area contributed by atoms with Gasteiger partial charge >= 0.3 is 0 Å². The second kappa shape index (κ2) is 7.38. The Kier molecular flexibility index (Phi) is 4.83. The van der Waals surface area contributed by atoms with Gasteiger partial charge in [-0.25, -0.2) is 4.98 Å². The van der Waals surface area contributed by atoms with E-state index in [1.54, 1.807) is 6.20 Å². The van der Waals surface area contributed by atoms with Crippen LogP contribution in [0.1, 0.15) is 0 Å². The molecule has 0 atom stereocenters. The molecule has 0 aliphatic carbocycles. The first kappa shape index (κ1) is 15.7. The number of benzene rings is 2. The van der Waals surface area contributed by atoms with Gasteiger partial charge in [0.2, 0.25) is 12.4 Å². The minimum atomic E-state index is 0.445. The van der Waals surface area contributed by atoms with E-state index in [0.717, 1.165) is 16.5 Å². The summed E-state index contributed by atoms with van der Waals surface area (Å²) in [6, 6.07) is 14.1. The molecule has 1 heterocycles. The summed E-state index contributed by atoms with van der Waals surface area (Å²) in [6.45, 7) is 1.04. The minimum absolute atomic E-state index is 0.445. The number of carbonyl (C=O) groups is 1. The van der Waals surface area contributed by atoms with Crippen LogP contribution in [0, 0.1) is 0 Å². The Morgan fingerprint density at radius 3 is 2.75 bits per heavy atom. The predicted octanol–water partition coefficient (Wildman–Crippen LogP) is 2.31. The molecule has 1 amide bonds. The summed E-state index contributed by atoms with van der Waals surface area (Å²) in [7, 11) is 0. The molecule has 7 heteroatoms. The largest absolute Gasteiger partial charge is 0.353 e. The van der Waals surface area contributed by atoms with Gasteiger partial charge in [0.25, 0.3) is 0 Å². The van der Waals surface area contributed by atoms with E-state index in [1.807, 2.05) is 36.4 Å². The number of nitrogens with two attached hydrogens (primary N) is 1. The van der Waals surface area contributed by atoms with Crippen LogP contribution in [0.25, 0.3) is 10.8 Å². The number of hydrogen-bond donors (Lipinski definition) is 4. The lowest BCUT2D eigenvalue weighted by Gasteiger charge is -2.12. The third kappa shape index (κ3) is 3.58. The first-order chi connectivity index (χ1) is 11.8. The maximum absolute atomic E-state index is 10.8. The van der Waals surface area contributed by atoms with Crippen LogP contribution in [0.3, 0.4) is 0 Å². The molecule has 122 valence electrons. The van der Waals surface area contributed by atoms with Gasteiger partial charge in [0.15, 0.2) is 5.82 Å². The van der Waals surface area contributed by atoms with Crippen molar-refractivity contribution in [3.63, 3.8) is 0 Å². The summed E-state index contributed by atoms with van der Waals surface area (Å²) in [4.78, 5) is 19.3. The number of anilines is 4. The third-order valence-electron chi connectivity index (χ3n) is 3.44. The Labute approximate surface area is 139 Å². The zero-order valence-electron chi connectivity index (χ0n) is 13.0. The van der Waals surface area contributed by atoms with Crippen LogP contribution in [0.4, 0.5) is 23.1 Å². The molecule has 0 saturated heterocycles. The highest BCUT2D eigenvalue weighted by Crippen LogP contribution is 2.26. The maximum atomic E-state index is 10.8. The fourth-order valence-corrected chi connectivity index (χ4v) is 2.32. The Hall–Kier alpha value is -3.19. The van der Waals surface area contributed by atoms with Crippen molar-refractivity contribution in [3.8, 4) is 0 Å². The van der Waals surface area contributed by atoms with E-state index in [2.05, 4.69) is 32.0 Å². The van der Waals surface area contributed by atoms with Crippen molar-refractivity contribution in [1.82, 2.24) is 9.97 Å². The van der Waals surface area contributed by atoms with Crippen LogP contribution in [0.2, 0.25) is 0 Å². The lowest BCUT2D eigenvalue weighted by molar-refractivity contribution is -0.105. The van der Waals surface area contributed by atoms with Gasteiger partial charge in [0, 0.05) is 18.8 Å². The van der Waals surface area contributed by atoms with Crippen LogP contribution in [-0.4, -0.2) is 29.5 Å². The molecule has 0 aliphatic rings. The van der Waals surface area contributed by atoms with E-state index >= 15 is 0 Å². The molecule has 1 aromatic heterocycles. The monoisotopic (exact) mass is 322 g/mol. The van der Waals surface area contributed by atoms with Crippen molar-refractivity contribution >= 4 is 40.3 Å². The molecule has 3 rings (SSSR count). The fourth-order valence-electron chi connectivity index (χ4n) is 2.32. The van der Waals surface area contributed by atoms with Gasteiger partial charge in [-0.05, 0) is 22.9 Å². The summed E-state index contributed by atoms with van der Waals surface area (Å²) in [5, 5.41) is 11.1. The number of aromatic nitrogens is 2. The highest BCUT2D eigenvalue weighted by molar-refractivity contribution is 5.88. The lowest BCUT2D eigenvalue weighted by atomic mass is 10.1. The molecule has 7 nitrogen and oxygen atoms in total. The average Bonchev–Trinajstić information content (AvgIpc) is 2.62. The summed E-state index contributed by atoms with van der Waals surface area (Å²) in [6.07, 6.45) is 2.14. The van der Waals surface area contributed by atoms with Crippen molar-refractivity contribution in [1.29, 1.82) is 0 Å². The van der Waals surface area contributed by atoms with Gasteiger partial charge < -0.3 is 21.7 Å². The molecule has 0 aliphatic heterocycles. The van der Waals surface area contributed by atoms with E-state index in [4.69, 9.17) is 5.73 Å². The Morgan fingerprint density at radius 2 is 1.96 bits per heavy atom. The maximum Gasteiger partial charge on any atom is 0.224 e. The van der Waals surface area contributed by atoms with Crippen molar-refractivity contribution in [2.24, 2.45) is 5.73 Å². The molecule has 0 radical (unpaired) electrons. The van der Waals surface area contributed by atoms with E-state index in [0.29, 0.717) is 37.0 Å². The Morgan fingerprint density at radius 1 is 1.12 bits per heavy atom. The molecule has 0 saturated carbocycles. The van der Waals surface area contributed by atoms with Crippen molar-refractivity contribution < 1.29 is 4.79 Å². The van der Waals surface area contributed by atoms with E-state index < -0.39 is 0 Å². The van der Waals surface area contributed by atoms with Crippen molar-refractivity contribution in [3.05, 3.63) is 48.7 Å². The van der Waals surface area contributed by atoms with Crippen LogP contribution < -0.4 is 21.7 Å². The Bertz CT molecular complexity index is 851. The van der Waals surface area contributed by atoms with Crippen LogP contribution in [0.15, 0.2) is 48.7 Å². The van der Waals surface area contributed by atoms with E-state index in [9.17, 15) is 4.79 Å². The molecule has 0 bridgehead atoms. The number of rotatable bonds is 7. The van der Waals surface area contributed by atoms with Gasteiger partial charge in [-0.2, -0.15) is 4.98 Å². The van der Waals surface area contributed by atoms with Crippen molar-refractivity contribution in [2.45, 2.75) is 0 Å². The second-order valence-corrected chi connectivity index (χ2v) is 5.12. The van der Waals surface area contributed by atoms with Gasteiger partial charge in [-0.15, -0.1) is 0 Å². The normalized spacial score (nSPS) is 10.4. The highest BCUT2D eigenvalue weighted by Gasteiger charge is 2.08. The van der Waals surface area contributed by atoms with Crippen LogP contribution in [0.5, 0.6) is 0 Å². The minimum Gasteiger partial charge on any atom is -0.353 e. The molecule has 24 heavy (non-hydrogen) atoms. The first-order valence-corrected chi connectivity index (χ1v) is 7.57. The quantitative estimate of drug-likeness (QED) is 0.498. The zero-order chi connectivity index (χ0) is 16.8. The number of carbonyl (C=O) groups excluding carboxylic acids is 1. The molecular weight excluding hydrogens is 304 g/mol. The number of nitrogens with one attached hydrogen (secondary N) is 3. The summed E-state index contributed by atoms with van der Waals surface area (Å²) in [5.41, 5.74) is 6.84. The molecule has 0 unspecified atom stereocenters. The standard InChI is InChI=1S/C17H18N6O/c18-7-8-19-17-20-10-15(21-11-24)16(23-17)22-14-6-5-12-3-1-2-4-13(12)9-14/h1-6,9-11H,7-8,18H2,(H,21,24)(H2,19,20,22,23). The highest BCUT2D eigenvalue weighted by atomic mass is 16.1. The lowest BCUT2D eigenvalue weighted by Crippen LogP contribution is -2.15. The molecule has 3 aromatic rings. The molecule has 2 aromatic carbocycles. The average molecular weight is 322 g/mol. The number of fused-ring (bicyclic) bond motifs is 1. The topological polar surface area (TPSA) is 105 Å². The Balaban J connectivity index is 1.91. The fraction of sp³-hybridized carbons (Fsp3) is 0.118. The van der Waals surface area contributed by atoms with Crippen LogP contribution in [-0.2, 0) is 4.79 Å². The van der Waals surface area contributed by atoms with Gasteiger partial charge in [-0.1, -0.05) is 30.3 Å². The number of amides is 1. The molecule has 0 fully saturated rings. The summed E-state index contributed by atoms with van der Waals surface area (Å²) in [5.74, 6) is 0.951. The first-order valence-electron chi connectivity index (χ1n) is 7.57.